The number of hydrogen-bond donors (Lipinski definition) is 3. The molecule has 1 amide bonds. The molecule has 2 atom stereocenters. The van der Waals surface area contributed by atoms with Crippen molar-refractivity contribution in [2.75, 3.05) is 4.72 Å². The topological polar surface area (TPSA) is 95.5 Å². The van der Waals surface area contributed by atoms with Gasteiger partial charge in [-0.3, -0.25) is 9.52 Å². The molecule has 0 heterocycles. The number of carbonyl (C=O) groups is 1. The van der Waals surface area contributed by atoms with E-state index in [1.165, 1.54) is 0 Å². The van der Waals surface area contributed by atoms with E-state index < -0.39 is 22.2 Å². The number of aliphatic hydroxyl groups excluding tert-OH is 1. The zero-order valence-electron chi connectivity index (χ0n) is 17.3. The van der Waals surface area contributed by atoms with Crippen LogP contribution in [0.2, 0.25) is 0 Å². The van der Waals surface area contributed by atoms with Crippen molar-refractivity contribution in [1.82, 2.24) is 5.32 Å². The Hall–Kier alpha value is -3.16. The van der Waals surface area contributed by atoms with Crippen LogP contribution in [0, 0.1) is 13.8 Å². The monoisotopic (exact) mass is 436 g/mol. The summed E-state index contributed by atoms with van der Waals surface area (Å²) in [6, 6.07) is 18.4. The van der Waals surface area contributed by atoms with Crippen molar-refractivity contribution in [3.8, 4) is 0 Å². The van der Waals surface area contributed by atoms with Gasteiger partial charge in [0.2, 0.25) is 0 Å². The van der Waals surface area contributed by atoms with Gasteiger partial charge in [0.1, 0.15) is 0 Å². The number of sulfonamides is 1. The lowest BCUT2D eigenvalue weighted by Gasteiger charge is -2.18. The summed E-state index contributed by atoms with van der Waals surface area (Å²) in [7, 11) is -3.73. The number of hydrogen-bond acceptors (Lipinski definition) is 4. The van der Waals surface area contributed by atoms with E-state index >= 15 is 0 Å². The SMILES string of the molecule is Cc1ccc(S(=O)(=O)Nc2ccc(C(=O)N[C@H]3c4ccccc4C[C@H]3O)cc2)cc1C. The number of aliphatic hydroxyl groups is 1. The van der Waals surface area contributed by atoms with Gasteiger partial charge in [-0.15, -0.1) is 0 Å². The molecule has 3 aromatic carbocycles. The molecule has 160 valence electrons. The summed E-state index contributed by atoms with van der Waals surface area (Å²) in [5.74, 6) is -0.329. The Balaban J connectivity index is 1.47. The number of rotatable bonds is 5. The molecule has 0 bridgehead atoms. The fourth-order valence-electron chi connectivity index (χ4n) is 3.76. The lowest BCUT2D eigenvalue weighted by Crippen LogP contribution is -2.33. The number of nitrogens with one attached hydrogen (secondary N) is 2. The molecule has 1 aliphatic carbocycles. The minimum atomic E-state index is -3.73. The minimum Gasteiger partial charge on any atom is -0.390 e. The van der Waals surface area contributed by atoms with E-state index in [1.54, 1.807) is 42.5 Å². The van der Waals surface area contributed by atoms with E-state index in [0.717, 1.165) is 22.3 Å². The number of carbonyl (C=O) groups excluding carboxylic acids is 1. The normalized spacial score (nSPS) is 17.8. The van der Waals surface area contributed by atoms with E-state index in [1.807, 2.05) is 38.1 Å². The number of fused-ring (bicyclic) bond motifs is 1. The Bertz CT molecular complexity index is 1240. The van der Waals surface area contributed by atoms with Crippen molar-refractivity contribution in [2.45, 2.75) is 37.3 Å². The molecule has 3 aromatic rings. The molecule has 0 unspecified atom stereocenters. The number of aryl methyl sites for hydroxylation is 2. The summed E-state index contributed by atoms with van der Waals surface area (Å²) in [4.78, 5) is 12.9. The highest BCUT2D eigenvalue weighted by atomic mass is 32.2. The molecule has 31 heavy (non-hydrogen) atoms. The highest BCUT2D eigenvalue weighted by molar-refractivity contribution is 7.92. The van der Waals surface area contributed by atoms with Crippen LogP contribution in [0.3, 0.4) is 0 Å². The van der Waals surface area contributed by atoms with Crippen LogP contribution in [0.4, 0.5) is 5.69 Å². The molecule has 0 saturated heterocycles. The van der Waals surface area contributed by atoms with E-state index in [0.29, 0.717) is 17.7 Å². The minimum absolute atomic E-state index is 0.186. The maximum atomic E-state index is 12.7. The first-order valence-corrected chi connectivity index (χ1v) is 11.5. The molecule has 1 aliphatic rings. The smallest absolute Gasteiger partial charge is 0.261 e. The van der Waals surface area contributed by atoms with Crippen molar-refractivity contribution in [3.05, 3.63) is 94.5 Å². The van der Waals surface area contributed by atoms with Crippen molar-refractivity contribution in [1.29, 1.82) is 0 Å². The molecule has 6 nitrogen and oxygen atoms in total. The Morgan fingerprint density at radius 3 is 2.39 bits per heavy atom. The standard InChI is InChI=1S/C24H24N2O4S/c1-15-7-12-20(13-16(15)2)31(29,30)26-19-10-8-17(9-11-19)24(28)25-23-21-6-4-3-5-18(21)14-22(23)27/h3-13,22-23,26-27H,14H2,1-2H3,(H,25,28)/t22-,23+/m1/s1. The van der Waals surface area contributed by atoms with Gasteiger partial charge in [0, 0.05) is 17.7 Å². The number of anilines is 1. The predicted molar refractivity (Wildman–Crippen MR) is 120 cm³/mol. The number of amides is 1. The Morgan fingerprint density at radius 1 is 0.968 bits per heavy atom. The molecule has 7 heteroatoms. The van der Waals surface area contributed by atoms with Crippen LogP contribution in [0.1, 0.15) is 38.7 Å². The first kappa shape index (κ1) is 21.1. The quantitative estimate of drug-likeness (QED) is 0.571. The predicted octanol–water partition coefficient (Wildman–Crippen LogP) is 3.49. The van der Waals surface area contributed by atoms with Gasteiger partial charge in [-0.25, -0.2) is 8.42 Å². The van der Waals surface area contributed by atoms with Gasteiger partial charge in [-0.1, -0.05) is 30.3 Å². The second-order valence-corrected chi connectivity index (χ2v) is 9.53. The van der Waals surface area contributed by atoms with Crippen LogP contribution in [0.15, 0.2) is 71.6 Å². The fourth-order valence-corrected chi connectivity index (χ4v) is 4.90. The summed E-state index contributed by atoms with van der Waals surface area (Å²) in [6.45, 7) is 3.79. The highest BCUT2D eigenvalue weighted by Gasteiger charge is 2.32. The average molecular weight is 437 g/mol. The first-order chi connectivity index (χ1) is 14.7. The molecule has 0 spiro atoms. The third kappa shape index (κ3) is 4.33. The molecule has 3 N–H and O–H groups in total. The van der Waals surface area contributed by atoms with Crippen molar-refractivity contribution in [2.24, 2.45) is 0 Å². The highest BCUT2D eigenvalue weighted by Crippen LogP contribution is 2.31. The fraction of sp³-hybridized carbons (Fsp3) is 0.208. The van der Waals surface area contributed by atoms with Crippen molar-refractivity contribution < 1.29 is 18.3 Å². The summed E-state index contributed by atoms with van der Waals surface area (Å²) in [5, 5.41) is 13.2. The van der Waals surface area contributed by atoms with Gasteiger partial charge in [-0.2, -0.15) is 0 Å². The van der Waals surface area contributed by atoms with Crippen LogP contribution in [-0.2, 0) is 16.4 Å². The molecular formula is C24H24N2O4S. The average Bonchev–Trinajstić information content (AvgIpc) is 3.05. The Morgan fingerprint density at radius 2 is 1.68 bits per heavy atom. The van der Waals surface area contributed by atoms with Crippen LogP contribution < -0.4 is 10.0 Å². The van der Waals surface area contributed by atoms with E-state index in [2.05, 4.69) is 10.0 Å². The summed E-state index contributed by atoms with van der Waals surface area (Å²) >= 11 is 0. The van der Waals surface area contributed by atoms with Gasteiger partial charge in [-0.05, 0) is 72.5 Å². The van der Waals surface area contributed by atoms with Crippen LogP contribution >= 0.6 is 0 Å². The van der Waals surface area contributed by atoms with Gasteiger partial charge in [0.15, 0.2) is 0 Å². The molecule has 0 aromatic heterocycles. The van der Waals surface area contributed by atoms with E-state index in [-0.39, 0.29) is 10.8 Å². The summed E-state index contributed by atoms with van der Waals surface area (Å²) in [5.41, 5.74) is 4.60. The van der Waals surface area contributed by atoms with Crippen molar-refractivity contribution in [3.63, 3.8) is 0 Å². The van der Waals surface area contributed by atoms with Crippen molar-refractivity contribution >= 4 is 21.6 Å². The second kappa shape index (κ2) is 8.17. The summed E-state index contributed by atoms with van der Waals surface area (Å²) in [6.07, 6.45) is -0.175. The molecule has 0 radical (unpaired) electrons. The first-order valence-electron chi connectivity index (χ1n) is 10.0. The molecule has 0 aliphatic heterocycles. The largest absolute Gasteiger partial charge is 0.390 e. The van der Waals surface area contributed by atoms with Gasteiger partial charge in [0.25, 0.3) is 15.9 Å². The molecular weight excluding hydrogens is 412 g/mol. The maximum Gasteiger partial charge on any atom is 0.261 e. The third-order valence-corrected chi connectivity index (χ3v) is 7.06. The maximum absolute atomic E-state index is 12.7. The van der Waals surface area contributed by atoms with Gasteiger partial charge < -0.3 is 10.4 Å². The molecule has 0 fully saturated rings. The van der Waals surface area contributed by atoms with Crippen LogP contribution in [0.25, 0.3) is 0 Å². The van der Waals surface area contributed by atoms with E-state index in [4.69, 9.17) is 0 Å². The van der Waals surface area contributed by atoms with E-state index in [9.17, 15) is 18.3 Å². The zero-order chi connectivity index (χ0) is 22.2. The van der Waals surface area contributed by atoms with Gasteiger partial charge >= 0.3 is 0 Å². The molecule has 4 rings (SSSR count). The summed E-state index contributed by atoms with van der Waals surface area (Å²) < 4.78 is 27.8. The lowest BCUT2D eigenvalue weighted by atomic mass is 10.1. The lowest BCUT2D eigenvalue weighted by molar-refractivity contribution is 0.0858. The Labute approximate surface area is 182 Å². The van der Waals surface area contributed by atoms with Crippen LogP contribution in [0.5, 0.6) is 0 Å². The Kier molecular flexibility index (Phi) is 5.56. The number of benzene rings is 3. The van der Waals surface area contributed by atoms with Crippen LogP contribution in [-0.4, -0.2) is 25.5 Å². The second-order valence-electron chi connectivity index (χ2n) is 7.85. The van der Waals surface area contributed by atoms with Gasteiger partial charge in [0.05, 0.1) is 17.0 Å². The third-order valence-electron chi connectivity index (χ3n) is 5.68. The molecule has 0 saturated carbocycles. The zero-order valence-corrected chi connectivity index (χ0v) is 18.1.